The molecule has 0 saturated carbocycles. The molecule has 4 heteroatoms. The summed E-state index contributed by atoms with van der Waals surface area (Å²) in [6, 6.07) is 3.10. The van der Waals surface area contributed by atoms with Crippen molar-refractivity contribution in [3.05, 3.63) is 23.2 Å². The zero-order valence-corrected chi connectivity index (χ0v) is 13.4. The van der Waals surface area contributed by atoms with Crippen molar-refractivity contribution in [1.29, 1.82) is 0 Å². The number of hydrogen-bond acceptors (Lipinski definition) is 4. The van der Waals surface area contributed by atoms with Crippen molar-refractivity contribution in [1.82, 2.24) is 10.2 Å². The van der Waals surface area contributed by atoms with Crippen LogP contribution in [0.2, 0.25) is 0 Å². The van der Waals surface area contributed by atoms with Crippen LogP contribution in [0.3, 0.4) is 0 Å². The standard InChI is InChI=1S/C16H28N2O2/c1-11(2)17-7-16-12(3)6-15(20-16)9-18-8-14(5)19-10-13(18)4/h6,11,13-14,17H,7-10H2,1-5H3. The fraction of sp³-hybridized carbons (Fsp3) is 0.750. The van der Waals surface area contributed by atoms with Crippen LogP contribution in [-0.4, -0.2) is 36.2 Å². The summed E-state index contributed by atoms with van der Waals surface area (Å²) < 4.78 is 11.7. The molecule has 114 valence electrons. The Balaban J connectivity index is 1.97. The second kappa shape index (κ2) is 6.74. The van der Waals surface area contributed by atoms with Crippen LogP contribution in [0.5, 0.6) is 0 Å². The summed E-state index contributed by atoms with van der Waals surface area (Å²) in [4.78, 5) is 2.44. The van der Waals surface area contributed by atoms with Crippen LogP contribution in [-0.2, 0) is 17.8 Å². The van der Waals surface area contributed by atoms with Crippen LogP contribution in [0.4, 0.5) is 0 Å². The van der Waals surface area contributed by atoms with E-state index in [9.17, 15) is 0 Å². The van der Waals surface area contributed by atoms with Crippen LogP contribution in [0, 0.1) is 6.92 Å². The van der Waals surface area contributed by atoms with Gasteiger partial charge in [0.2, 0.25) is 0 Å². The van der Waals surface area contributed by atoms with E-state index in [1.54, 1.807) is 0 Å². The van der Waals surface area contributed by atoms with E-state index in [4.69, 9.17) is 9.15 Å². The Morgan fingerprint density at radius 2 is 2.15 bits per heavy atom. The van der Waals surface area contributed by atoms with E-state index < -0.39 is 0 Å². The topological polar surface area (TPSA) is 37.6 Å². The van der Waals surface area contributed by atoms with Crippen molar-refractivity contribution in [3.8, 4) is 0 Å². The number of nitrogens with one attached hydrogen (secondary N) is 1. The minimum absolute atomic E-state index is 0.310. The van der Waals surface area contributed by atoms with Gasteiger partial charge in [0.05, 0.1) is 25.8 Å². The lowest BCUT2D eigenvalue weighted by Gasteiger charge is -2.36. The lowest BCUT2D eigenvalue weighted by molar-refractivity contribution is -0.0546. The van der Waals surface area contributed by atoms with Crippen molar-refractivity contribution in [2.75, 3.05) is 13.2 Å². The maximum atomic E-state index is 6.01. The molecule has 2 unspecified atom stereocenters. The normalized spacial score (nSPS) is 24.5. The zero-order chi connectivity index (χ0) is 14.7. The number of furan rings is 1. The first kappa shape index (κ1) is 15.5. The highest BCUT2D eigenvalue weighted by atomic mass is 16.5. The van der Waals surface area contributed by atoms with Crippen molar-refractivity contribution in [3.63, 3.8) is 0 Å². The van der Waals surface area contributed by atoms with Gasteiger partial charge in [0.1, 0.15) is 11.5 Å². The predicted octanol–water partition coefficient (Wildman–Crippen LogP) is 2.70. The second-order valence-electron chi connectivity index (χ2n) is 6.28. The molecule has 0 radical (unpaired) electrons. The lowest BCUT2D eigenvalue weighted by Crippen LogP contribution is -2.46. The fourth-order valence-electron chi connectivity index (χ4n) is 2.53. The van der Waals surface area contributed by atoms with E-state index >= 15 is 0 Å². The molecule has 0 spiro atoms. The highest BCUT2D eigenvalue weighted by molar-refractivity contribution is 5.20. The quantitative estimate of drug-likeness (QED) is 0.900. The molecular weight excluding hydrogens is 252 g/mol. The SMILES string of the molecule is Cc1cc(CN2CC(C)OCC2C)oc1CNC(C)C. The van der Waals surface area contributed by atoms with Gasteiger partial charge in [0.25, 0.3) is 0 Å². The molecule has 1 aromatic heterocycles. The van der Waals surface area contributed by atoms with Gasteiger partial charge in [-0.2, -0.15) is 0 Å². The third-order valence-corrected chi connectivity index (χ3v) is 3.84. The second-order valence-corrected chi connectivity index (χ2v) is 6.28. The predicted molar refractivity (Wildman–Crippen MR) is 80.7 cm³/mol. The molecule has 2 heterocycles. The minimum atomic E-state index is 0.310. The average Bonchev–Trinajstić information content (AvgIpc) is 2.72. The third kappa shape index (κ3) is 4.08. The smallest absolute Gasteiger partial charge is 0.120 e. The maximum Gasteiger partial charge on any atom is 0.120 e. The summed E-state index contributed by atoms with van der Waals surface area (Å²) in [6.07, 6.45) is 0.310. The molecule has 0 aromatic carbocycles. The Kier molecular flexibility index (Phi) is 5.24. The van der Waals surface area contributed by atoms with Gasteiger partial charge in [-0.3, -0.25) is 4.90 Å². The number of ether oxygens (including phenoxy) is 1. The number of aryl methyl sites for hydroxylation is 1. The number of rotatable bonds is 5. The first-order chi connectivity index (χ1) is 9.45. The molecule has 1 saturated heterocycles. The molecule has 20 heavy (non-hydrogen) atoms. The molecule has 4 nitrogen and oxygen atoms in total. The molecule has 1 fully saturated rings. The zero-order valence-electron chi connectivity index (χ0n) is 13.4. The van der Waals surface area contributed by atoms with Crippen LogP contribution in [0.1, 0.15) is 44.8 Å². The van der Waals surface area contributed by atoms with Crippen LogP contribution in [0.15, 0.2) is 10.5 Å². The van der Waals surface area contributed by atoms with Crippen molar-refractivity contribution in [2.24, 2.45) is 0 Å². The Labute approximate surface area is 122 Å². The van der Waals surface area contributed by atoms with Crippen LogP contribution < -0.4 is 5.32 Å². The first-order valence-electron chi connectivity index (χ1n) is 7.63. The largest absolute Gasteiger partial charge is 0.463 e. The maximum absolute atomic E-state index is 6.01. The highest BCUT2D eigenvalue weighted by Gasteiger charge is 2.24. The molecule has 2 atom stereocenters. The van der Waals surface area contributed by atoms with Crippen LogP contribution >= 0.6 is 0 Å². The van der Waals surface area contributed by atoms with Crippen LogP contribution in [0.25, 0.3) is 0 Å². The van der Waals surface area contributed by atoms with Crippen molar-refractivity contribution < 1.29 is 9.15 Å². The lowest BCUT2D eigenvalue weighted by atomic mass is 10.2. The first-order valence-corrected chi connectivity index (χ1v) is 7.63. The highest BCUT2D eigenvalue weighted by Crippen LogP contribution is 2.20. The van der Waals surface area contributed by atoms with E-state index in [0.717, 1.165) is 37.8 Å². The van der Waals surface area contributed by atoms with Gasteiger partial charge in [-0.05, 0) is 32.4 Å². The molecule has 1 N–H and O–H groups in total. The molecule has 1 aromatic rings. The molecule has 2 rings (SSSR count). The molecule has 1 aliphatic heterocycles. The average molecular weight is 280 g/mol. The Bertz CT molecular complexity index is 428. The summed E-state index contributed by atoms with van der Waals surface area (Å²) >= 11 is 0. The van der Waals surface area contributed by atoms with E-state index in [1.165, 1.54) is 5.56 Å². The minimum Gasteiger partial charge on any atom is -0.463 e. The summed E-state index contributed by atoms with van der Waals surface area (Å²) in [5.41, 5.74) is 1.24. The Morgan fingerprint density at radius 3 is 2.85 bits per heavy atom. The van der Waals surface area contributed by atoms with E-state index in [1.807, 2.05) is 0 Å². The third-order valence-electron chi connectivity index (χ3n) is 3.84. The molecule has 0 aliphatic carbocycles. The number of morpholine rings is 1. The molecular formula is C16H28N2O2. The molecule has 0 amide bonds. The number of hydrogen-bond donors (Lipinski definition) is 1. The van der Waals surface area contributed by atoms with Gasteiger partial charge in [0, 0.05) is 18.6 Å². The number of nitrogens with zero attached hydrogens (tertiary/aromatic N) is 1. The van der Waals surface area contributed by atoms with Gasteiger partial charge in [-0.15, -0.1) is 0 Å². The van der Waals surface area contributed by atoms with Gasteiger partial charge in [0.15, 0.2) is 0 Å². The van der Waals surface area contributed by atoms with Crippen molar-refractivity contribution in [2.45, 2.75) is 65.9 Å². The summed E-state index contributed by atoms with van der Waals surface area (Å²) in [5, 5.41) is 3.41. The molecule has 1 aliphatic rings. The van der Waals surface area contributed by atoms with Gasteiger partial charge in [-0.1, -0.05) is 13.8 Å². The molecule has 0 bridgehead atoms. The van der Waals surface area contributed by atoms with Crippen molar-refractivity contribution >= 4 is 0 Å². The van der Waals surface area contributed by atoms with E-state index in [-0.39, 0.29) is 0 Å². The Hall–Kier alpha value is -0.840. The van der Waals surface area contributed by atoms with E-state index in [0.29, 0.717) is 18.2 Å². The summed E-state index contributed by atoms with van der Waals surface area (Å²) in [6.45, 7) is 14.2. The van der Waals surface area contributed by atoms with E-state index in [2.05, 4.69) is 50.9 Å². The van der Waals surface area contributed by atoms with Gasteiger partial charge in [-0.25, -0.2) is 0 Å². The fourth-order valence-corrected chi connectivity index (χ4v) is 2.53. The summed E-state index contributed by atoms with van der Waals surface area (Å²) in [7, 11) is 0. The van der Waals surface area contributed by atoms with Gasteiger partial charge >= 0.3 is 0 Å². The monoisotopic (exact) mass is 280 g/mol. The van der Waals surface area contributed by atoms with Gasteiger partial charge < -0.3 is 14.5 Å². The summed E-state index contributed by atoms with van der Waals surface area (Å²) in [5.74, 6) is 2.12. The Morgan fingerprint density at radius 1 is 1.40 bits per heavy atom.